The zero-order valence-corrected chi connectivity index (χ0v) is 25.1. The number of sulfonamides is 1. The molecule has 0 spiro atoms. The Morgan fingerprint density at radius 3 is 2.50 bits per heavy atom. The van der Waals surface area contributed by atoms with Crippen LogP contribution >= 0.6 is 0 Å². The molecule has 10 nitrogen and oxygen atoms in total. The number of methoxy groups -OCH3 is 1. The van der Waals surface area contributed by atoms with E-state index in [2.05, 4.69) is 11.4 Å². The van der Waals surface area contributed by atoms with E-state index in [1.54, 1.807) is 12.1 Å². The van der Waals surface area contributed by atoms with Crippen molar-refractivity contribution in [2.24, 2.45) is 5.41 Å². The van der Waals surface area contributed by atoms with Gasteiger partial charge in [0.25, 0.3) is 0 Å². The standard InChI is InChI=1S/C31H41N3O7S/c1-34(42(37,38)27-13-11-25(39-2)12-14-27)31(21-24-9-4-3-5-10-24,33-29(36)41-26-15-20-40-23-26)28(35)22-30(18-8-19-32)16-6-7-17-30/h3-5,9-14,26,28,35H,6-8,15-18,20-23H2,1-2H3,(H,33,36)/t26-,28+,31-/m0/s1. The van der Waals surface area contributed by atoms with Crippen LogP contribution < -0.4 is 10.1 Å². The highest BCUT2D eigenvalue weighted by Crippen LogP contribution is 2.47. The molecule has 2 aromatic rings. The van der Waals surface area contributed by atoms with Gasteiger partial charge in [-0.25, -0.2) is 13.2 Å². The van der Waals surface area contributed by atoms with Crippen molar-refractivity contribution in [2.45, 2.75) is 80.6 Å². The fraction of sp³-hybridized carbons (Fsp3) is 0.548. The summed E-state index contributed by atoms with van der Waals surface area (Å²) in [5.41, 5.74) is -1.46. The Bertz CT molecular complexity index is 1320. The van der Waals surface area contributed by atoms with Crippen molar-refractivity contribution >= 4 is 16.1 Å². The predicted molar refractivity (Wildman–Crippen MR) is 156 cm³/mol. The number of alkyl carbamates (subject to hydrolysis) is 1. The minimum atomic E-state index is -4.26. The van der Waals surface area contributed by atoms with Gasteiger partial charge in [-0.15, -0.1) is 0 Å². The molecule has 1 aliphatic heterocycles. The molecule has 1 saturated carbocycles. The van der Waals surface area contributed by atoms with E-state index in [1.165, 1.54) is 26.3 Å². The highest BCUT2D eigenvalue weighted by molar-refractivity contribution is 7.89. The Labute approximate surface area is 248 Å². The third-order valence-electron chi connectivity index (χ3n) is 8.69. The summed E-state index contributed by atoms with van der Waals surface area (Å²) in [6.45, 7) is 0.710. The van der Waals surface area contributed by atoms with Crippen molar-refractivity contribution in [1.82, 2.24) is 9.62 Å². The summed E-state index contributed by atoms with van der Waals surface area (Å²) in [5, 5.41) is 24.4. The van der Waals surface area contributed by atoms with Gasteiger partial charge < -0.3 is 19.3 Å². The van der Waals surface area contributed by atoms with Crippen LogP contribution in [0.25, 0.3) is 0 Å². The molecular formula is C31H41N3O7S. The molecule has 2 N–H and O–H groups in total. The topological polar surface area (TPSA) is 138 Å². The van der Waals surface area contributed by atoms with E-state index in [0.717, 1.165) is 35.6 Å². The van der Waals surface area contributed by atoms with E-state index in [0.29, 0.717) is 31.6 Å². The van der Waals surface area contributed by atoms with Gasteiger partial charge in [0.1, 0.15) is 17.5 Å². The second-order valence-corrected chi connectivity index (χ2v) is 13.3. The third kappa shape index (κ3) is 7.24. The second-order valence-electron chi connectivity index (χ2n) is 11.3. The van der Waals surface area contributed by atoms with Crippen molar-refractivity contribution in [3.8, 4) is 11.8 Å². The first-order valence-electron chi connectivity index (χ1n) is 14.4. The number of rotatable bonds is 13. The van der Waals surface area contributed by atoms with Crippen LogP contribution in [0.3, 0.4) is 0 Å². The number of aliphatic hydroxyl groups excluding tert-OH is 1. The van der Waals surface area contributed by atoms with Gasteiger partial charge in [0, 0.05) is 26.3 Å². The van der Waals surface area contributed by atoms with E-state index in [9.17, 15) is 23.6 Å². The molecular weight excluding hydrogens is 558 g/mol. The first-order chi connectivity index (χ1) is 20.1. The quantitative estimate of drug-likeness (QED) is 0.324. The summed E-state index contributed by atoms with van der Waals surface area (Å²) in [6, 6.07) is 17.3. The van der Waals surface area contributed by atoms with Crippen LogP contribution in [0.1, 0.15) is 56.9 Å². The van der Waals surface area contributed by atoms with Crippen LogP contribution in [-0.2, 0) is 25.9 Å². The number of nitriles is 1. The van der Waals surface area contributed by atoms with E-state index in [-0.39, 0.29) is 29.8 Å². The number of ether oxygens (including phenoxy) is 3. The highest BCUT2D eigenvalue weighted by atomic mass is 32.2. The fourth-order valence-corrected chi connectivity index (χ4v) is 7.67. The third-order valence-corrected chi connectivity index (χ3v) is 10.6. The number of nitrogens with one attached hydrogen (secondary N) is 1. The summed E-state index contributed by atoms with van der Waals surface area (Å²) in [5.74, 6) is 0.494. The molecule has 0 bridgehead atoms. The van der Waals surface area contributed by atoms with Gasteiger partial charge in [-0.1, -0.05) is 43.2 Å². The molecule has 1 saturated heterocycles. The number of carbonyl (C=O) groups excluding carboxylic acids is 1. The van der Waals surface area contributed by atoms with E-state index < -0.39 is 34.0 Å². The van der Waals surface area contributed by atoms with Gasteiger partial charge in [-0.2, -0.15) is 9.57 Å². The highest BCUT2D eigenvalue weighted by Gasteiger charge is 2.52. The molecule has 11 heteroatoms. The minimum absolute atomic E-state index is 0.0187. The summed E-state index contributed by atoms with van der Waals surface area (Å²) >= 11 is 0. The Hall–Kier alpha value is -3.17. The maximum atomic E-state index is 14.2. The number of aliphatic hydroxyl groups is 1. The molecule has 3 atom stereocenters. The van der Waals surface area contributed by atoms with Gasteiger partial charge in [0.05, 0.1) is 37.4 Å². The number of nitrogens with zero attached hydrogens (tertiary/aromatic N) is 2. The van der Waals surface area contributed by atoms with Crippen molar-refractivity contribution < 1.29 is 32.5 Å². The number of carbonyl (C=O) groups is 1. The lowest BCUT2D eigenvalue weighted by Gasteiger charge is -2.47. The Morgan fingerprint density at radius 2 is 1.90 bits per heavy atom. The van der Waals surface area contributed by atoms with Crippen molar-refractivity contribution in [3.63, 3.8) is 0 Å². The number of likely N-dealkylation sites (N-methyl/N-ethyl adjacent to an activating group) is 1. The Morgan fingerprint density at radius 1 is 1.21 bits per heavy atom. The molecule has 0 radical (unpaired) electrons. The molecule has 2 aliphatic rings. The van der Waals surface area contributed by atoms with Crippen LogP contribution in [0, 0.1) is 16.7 Å². The maximum absolute atomic E-state index is 14.2. The van der Waals surface area contributed by atoms with Crippen LogP contribution in [0.2, 0.25) is 0 Å². The van der Waals surface area contributed by atoms with Gasteiger partial charge in [0.2, 0.25) is 10.0 Å². The lowest BCUT2D eigenvalue weighted by molar-refractivity contribution is -0.0372. The zero-order chi connectivity index (χ0) is 30.2. The lowest BCUT2D eigenvalue weighted by atomic mass is 9.74. The van der Waals surface area contributed by atoms with Crippen molar-refractivity contribution in [2.75, 3.05) is 27.4 Å². The monoisotopic (exact) mass is 599 g/mol. The van der Waals surface area contributed by atoms with Crippen LogP contribution in [0.4, 0.5) is 4.79 Å². The normalized spacial score (nSPS) is 20.4. The molecule has 0 aromatic heterocycles. The number of hydrogen-bond donors (Lipinski definition) is 2. The molecule has 1 aliphatic carbocycles. The maximum Gasteiger partial charge on any atom is 0.409 e. The Kier molecular flexibility index (Phi) is 10.5. The predicted octanol–water partition coefficient (Wildman–Crippen LogP) is 4.38. The minimum Gasteiger partial charge on any atom is -0.497 e. The molecule has 2 fully saturated rings. The smallest absolute Gasteiger partial charge is 0.409 e. The summed E-state index contributed by atoms with van der Waals surface area (Å²) in [6.07, 6.45) is 2.52. The van der Waals surface area contributed by atoms with Gasteiger partial charge in [-0.05, 0) is 60.9 Å². The Balaban J connectivity index is 1.80. The van der Waals surface area contributed by atoms with Gasteiger partial charge >= 0.3 is 6.09 Å². The van der Waals surface area contributed by atoms with Crippen LogP contribution in [0.15, 0.2) is 59.5 Å². The van der Waals surface area contributed by atoms with Crippen LogP contribution in [0.5, 0.6) is 5.75 Å². The number of hydrogen-bond acceptors (Lipinski definition) is 8. The summed E-state index contributed by atoms with van der Waals surface area (Å²) in [4.78, 5) is 13.5. The largest absolute Gasteiger partial charge is 0.497 e. The second kappa shape index (κ2) is 13.9. The molecule has 1 amide bonds. The van der Waals surface area contributed by atoms with Gasteiger partial charge in [-0.3, -0.25) is 5.32 Å². The van der Waals surface area contributed by atoms with E-state index in [1.807, 2.05) is 30.3 Å². The number of benzene rings is 2. The fourth-order valence-electron chi connectivity index (χ4n) is 6.22. The number of amides is 1. The summed E-state index contributed by atoms with van der Waals surface area (Å²) < 4.78 is 45.7. The van der Waals surface area contributed by atoms with Crippen LogP contribution in [-0.4, -0.2) is 69.2 Å². The molecule has 42 heavy (non-hydrogen) atoms. The molecule has 2 aromatic carbocycles. The van der Waals surface area contributed by atoms with Gasteiger partial charge in [0.15, 0.2) is 0 Å². The van der Waals surface area contributed by atoms with E-state index >= 15 is 0 Å². The van der Waals surface area contributed by atoms with Crippen molar-refractivity contribution in [3.05, 3.63) is 60.2 Å². The lowest BCUT2D eigenvalue weighted by Crippen LogP contribution is -2.69. The zero-order valence-electron chi connectivity index (χ0n) is 24.3. The SMILES string of the molecule is COc1ccc(S(=O)(=O)N(C)[C@](Cc2ccccc2)(NC(=O)O[C@H]2CCOC2)[C@H](O)CC2(CCC#N)CCCC2)cc1. The first kappa shape index (κ1) is 31.8. The average Bonchev–Trinajstić information content (AvgIpc) is 3.68. The first-order valence-corrected chi connectivity index (χ1v) is 15.9. The molecule has 228 valence electrons. The summed E-state index contributed by atoms with van der Waals surface area (Å²) in [7, 11) is -1.39. The molecule has 4 rings (SSSR count). The van der Waals surface area contributed by atoms with Crippen molar-refractivity contribution in [1.29, 1.82) is 5.26 Å². The van der Waals surface area contributed by atoms with E-state index in [4.69, 9.17) is 14.2 Å². The molecule has 1 heterocycles. The average molecular weight is 600 g/mol. The molecule has 0 unspecified atom stereocenters.